The Labute approximate surface area is 124 Å². The van der Waals surface area contributed by atoms with Gasteiger partial charge in [-0.3, -0.25) is 0 Å². The number of hydrogen-bond acceptors (Lipinski definition) is 5. The monoisotopic (exact) mass is 331 g/mol. The summed E-state index contributed by atoms with van der Waals surface area (Å²) in [5.74, 6) is -1.09. The third-order valence-electron chi connectivity index (χ3n) is 2.73. The molecule has 0 aliphatic rings. The molecule has 7 nitrogen and oxygen atoms in total. The van der Waals surface area contributed by atoms with Gasteiger partial charge in [-0.2, -0.15) is 9.90 Å². The van der Waals surface area contributed by atoms with Gasteiger partial charge in [-0.1, -0.05) is 12.1 Å². The summed E-state index contributed by atoms with van der Waals surface area (Å²) in [5, 5.41) is 15.1. The van der Waals surface area contributed by atoms with Gasteiger partial charge in [0.1, 0.15) is 0 Å². The van der Waals surface area contributed by atoms with Crippen LogP contribution >= 0.6 is 0 Å². The molecule has 0 aliphatic heterocycles. The number of nitrogens with zero attached hydrogens (tertiary/aromatic N) is 3. The molecule has 1 aromatic carbocycles. The minimum Gasteiger partial charge on any atom is -0.478 e. The lowest BCUT2D eigenvalue weighted by Gasteiger charge is -2.01. The van der Waals surface area contributed by atoms with Crippen LogP contribution in [0.1, 0.15) is 28.0 Å². The lowest BCUT2D eigenvalue weighted by Crippen LogP contribution is -2.06. The van der Waals surface area contributed by atoms with Crippen molar-refractivity contribution in [3.05, 3.63) is 41.1 Å². The van der Waals surface area contributed by atoms with Gasteiger partial charge in [-0.05, 0) is 17.7 Å². The Bertz CT molecular complexity index is 800. The lowest BCUT2D eigenvalue weighted by atomic mass is 10.1. The Balaban J connectivity index is 2.32. The second-order valence-electron chi connectivity index (χ2n) is 4.50. The Morgan fingerprint density at radius 1 is 1.27 bits per heavy atom. The van der Waals surface area contributed by atoms with Crippen molar-refractivity contribution in [3.63, 3.8) is 0 Å². The van der Waals surface area contributed by atoms with E-state index in [0.29, 0.717) is 5.56 Å². The summed E-state index contributed by atoms with van der Waals surface area (Å²) in [6.07, 6.45) is -2.29. The standard InChI is InChI=1S/C12H11F2N3O4S/c1-22(20,21)11-9(10(13)14)15-17(16-11)6-7-2-4-8(5-3-7)12(18)19/h2-5,10H,6H2,1H3,(H,18,19). The van der Waals surface area contributed by atoms with E-state index in [4.69, 9.17) is 5.11 Å². The SMILES string of the molecule is CS(=O)(=O)c1nn(Cc2ccc(C(=O)O)cc2)nc1C(F)F. The molecule has 10 heteroatoms. The maximum Gasteiger partial charge on any atom is 0.335 e. The number of alkyl halides is 2. The maximum absolute atomic E-state index is 12.8. The molecule has 22 heavy (non-hydrogen) atoms. The van der Waals surface area contributed by atoms with Gasteiger partial charge in [0.15, 0.2) is 15.5 Å². The van der Waals surface area contributed by atoms with Crippen LogP contribution in [0.15, 0.2) is 29.3 Å². The van der Waals surface area contributed by atoms with Crippen LogP contribution in [0.2, 0.25) is 0 Å². The van der Waals surface area contributed by atoms with E-state index < -0.39 is 33.0 Å². The van der Waals surface area contributed by atoms with Crippen molar-refractivity contribution >= 4 is 15.8 Å². The molecule has 1 aromatic heterocycles. The summed E-state index contributed by atoms with van der Waals surface area (Å²) in [6.45, 7) is -0.0604. The zero-order valence-electron chi connectivity index (χ0n) is 11.3. The second-order valence-corrected chi connectivity index (χ2v) is 6.43. The van der Waals surface area contributed by atoms with E-state index in [1.807, 2.05) is 0 Å². The Kier molecular flexibility index (Phi) is 4.22. The molecule has 0 atom stereocenters. The molecule has 0 aliphatic carbocycles. The number of halogens is 2. The normalized spacial score (nSPS) is 11.8. The smallest absolute Gasteiger partial charge is 0.335 e. The number of hydrogen-bond donors (Lipinski definition) is 1. The largest absolute Gasteiger partial charge is 0.478 e. The van der Waals surface area contributed by atoms with Crippen molar-refractivity contribution in [2.24, 2.45) is 0 Å². The van der Waals surface area contributed by atoms with E-state index in [2.05, 4.69) is 10.2 Å². The minimum absolute atomic E-state index is 0.0604. The number of carboxylic acid groups (broad SMARTS) is 1. The Hall–Kier alpha value is -2.36. The number of sulfone groups is 1. The average Bonchev–Trinajstić information content (AvgIpc) is 2.83. The maximum atomic E-state index is 12.8. The summed E-state index contributed by atoms with van der Waals surface area (Å²) < 4.78 is 48.5. The van der Waals surface area contributed by atoms with Gasteiger partial charge in [0.2, 0.25) is 5.03 Å². The number of aromatic carboxylic acids is 1. The van der Waals surface area contributed by atoms with Crippen LogP contribution in [0, 0.1) is 0 Å². The average molecular weight is 331 g/mol. The van der Waals surface area contributed by atoms with Gasteiger partial charge in [0, 0.05) is 6.26 Å². The molecule has 0 fully saturated rings. The number of carboxylic acids is 1. The van der Waals surface area contributed by atoms with Crippen molar-refractivity contribution < 1.29 is 27.1 Å². The van der Waals surface area contributed by atoms with Crippen LogP contribution < -0.4 is 0 Å². The van der Waals surface area contributed by atoms with E-state index >= 15 is 0 Å². The fourth-order valence-corrected chi connectivity index (χ4v) is 2.49. The summed E-state index contributed by atoms with van der Waals surface area (Å²) >= 11 is 0. The van der Waals surface area contributed by atoms with Crippen LogP contribution in [0.4, 0.5) is 8.78 Å². The summed E-state index contributed by atoms with van der Waals surface area (Å²) in [4.78, 5) is 11.6. The van der Waals surface area contributed by atoms with E-state index in [9.17, 15) is 22.0 Å². The number of rotatable bonds is 5. The molecular weight excluding hydrogens is 320 g/mol. The van der Waals surface area contributed by atoms with Crippen molar-refractivity contribution in [2.75, 3.05) is 6.26 Å². The molecule has 1 heterocycles. The van der Waals surface area contributed by atoms with Crippen LogP contribution in [-0.2, 0) is 16.4 Å². The first-order valence-electron chi connectivity index (χ1n) is 5.94. The molecule has 0 saturated carbocycles. The van der Waals surface area contributed by atoms with Crippen molar-refractivity contribution in [2.45, 2.75) is 18.0 Å². The highest BCUT2D eigenvalue weighted by atomic mass is 32.2. The molecule has 0 unspecified atom stereocenters. The first-order chi connectivity index (χ1) is 10.2. The topological polar surface area (TPSA) is 102 Å². The summed E-state index contributed by atoms with van der Waals surface area (Å²) in [6, 6.07) is 5.61. The lowest BCUT2D eigenvalue weighted by molar-refractivity contribution is 0.0697. The van der Waals surface area contributed by atoms with Crippen molar-refractivity contribution in [3.8, 4) is 0 Å². The molecule has 0 amide bonds. The van der Waals surface area contributed by atoms with E-state index in [1.165, 1.54) is 24.3 Å². The molecule has 0 spiro atoms. The van der Waals surface area contributed by atoms with Crippen molar-refractivity contribution in [1.82, 2.24) is 15.0 Å². The first-order valence-corrected chi connectivity index (χ1v) is 7.83. The number of aromatic nitrogens is 3. The highest BCUT2D eigenvalue weighted by molar-refractivity contribution is 7.90. The molecule has 1 N–H and O–H groups in total. The molecule has 2 aromatic rings. The molecule has 0 radical (unpaired) electrons. The zero-order valence-corrected chi connectivity index (χ0v) is 12.1. The van der Waals surface area contributed by atoms with E-state index in [1.54, 1.807) is 0 Å². The highest BCUT2D eigenvalue weighted by Crippen LogP contribution is 2.23. The summed E-state index contributed by atoms with van der Waals surface area (Å²) in [7, 11) is -3.92. The van der Waals surface area contributed by atoms with Crippen LogP contribution in [0.3, 0.4) is 0 Å². The van der Waals surface area contributed by atoms with Gasteiger partial charge in [-0.15, -0.1) is 5.10 Å². The summed E-state index contributed by atoms with van der Waals surface area (Å²) in [5.41, 5.74) is -0.284. The fraction of sp³-hybridized carbons (Fsp3) is 0.250. The van der Waals surface area contributed by atoms with E-state index in [-0.39, 0.29) is 12.1 Å². The quantitative estimate of drug-likeness (QED) is 0.887. The number of carbonyl (C=O) groups is 1. The third kappa shape index (κ3) is 3.45. The van der Waals surface area contributed by atoms with Gasteiger partial charge in [0.05, 0.1) is 12.1 Å². The second kappa shape index (κ2) is 5.79. The van der Waals surface area contributed by atoms with Crippen molar-refractivity contribution in [1.29, 1.82) is 0 Å². The highest BCUT2D eigenvalue weighted by Gasteiger charge is 2.26. The fourth-order valence-electron chi connectivity index (χ4n) is 1.73. The van der Waals surface area contributed by atoms with E-state index in [0.717, 1.165) is 11.1 Å². The third-order valence-corrected chi connectivity index (χ3v) is 3.72. The van der Waals surface area contributed by atoms with Crippen LogP contribution in [0.5, 0.6) is 0 Å². The number of benzene rings is 1. The zero-order chi connectivity index (χ0) is 16.5. The molecule has 0 saturated heterocycles. The predicted molar refractivity (Wildman–Crippen MR) is 70.6 cm³/mol. The minimum atomic E-state index is -3.92. The van der Waals surface area contributed by atoms with Crippen LogP contribution in [0.25, 0.3) is 0 Å². The predicted octanol–water partition coefficient (Wildman–Crippen LogP) is 1.37. The molecular formula is C12H11F2N3O4S. The Morgan fingerprint density at radius 2 is 1.86 bits per heavy atom. The molecule has 118 valence electrons. The molecule has 0 bridgehead atoms. The van der Waals surface area contributed by atoms with Gasteiger partial charge >= 0.3 is 5.97 Å². The van der Waals surface area contributed by atoms with Gasteiger partial charge in [0.25, 0.3) is 6.43 Å². The molecule has 2 rings (SSSR count). The Morgan fingerprint density at radius 3 is 2.27 bits per heavy atom. The van der Waals surface area contributed by atoms with Crippen LogP contribution in [-0.4, -0.2) is 40.7 Å². The van der Waals surface area contributed by atoms with Gasteiger partial charge < -0.3 is 5.11 Å². The van der Waals surface area contributed by atoms with Gasteiger partial charge in [-0.25, -0.2) is 22.0 Å². The first kappa shape index (κ1) is 16.0.